The Morgan fingerprint density at radius 2 is 0.881 bits per heavy atom. The number of hydrogen-bond acceptors (Lipinski definition) is 6. The second-order valence-corrected chi connectivity index (χ2v) is 10.1. The van der Waals surface area contributed by atoms with E-state index >= 15 is 0 Å². The lowest BCUT2D eigenvalue weighted by Gasteiger charge is -2.35. The Morgan fingerprint density at radius 1 is 0.571 bits per heavy atom. The van der Waals surface area contributed by atoms with Crippen LogP contribution in [0.1, 0.15) is 34.3 Å². The number of nitrogens with one attached hydrogen (secondary N) is 2. The maximum atomic E-state index is 12.4. The molecule has 0 aliphatic carbocycles. The SMILES string of the molecule is CN(C(=O)NN)C1c2ccccc2Oc2ccccc21.CN(C)NC(=O)N(C)C1c2ccccc2Oc2ccccc21. The van der Waals surface area contributed by atoms with Gasteiger partial charge in [0.15, 0.2) is 0 Å². The first-order chi connectivity index (χ1) is 20.3. The fourth-order valence-electron chi connectivity index (χ4n) is 5.21. The number of hydrazine groups is 2. The number of ether oxygens (including phenoxy) is 2. The average Bonchev–Trinajstić information content (AvgIpc) is 3.01. The molecular formula is C32H34N6O4. The second-order valence-electron chi connectivity index (χ2n) is 10.1. The van der Waals surface area contributed by atoms with Crippen LogP contribution in [0.25, 0.3) is 0 Å². The van der Waals surface area contributed by atoms with Gasteiger partial charge in [-0.3, -0.25) is 10.9 Å². The van der Waals surface area contributed by atoms with Crippen LogP contribution in [0.2, 0.25) is 0 Å². The van der Waals surface area contributed by atoms with Crippen molar-refractivity contribution in [2.75, 3.05) is 28.2 Å². The molecule has 10 heteroatoms. The van der Waals surface area contributed by atoms with E-state index in [-0.39, 0.29) is 24.1 Å². The molecule has 0 saturated heterocycles. The lowest BCUT2D eigenvalue weighted by Crippen LogP contribution is -2.46. The van der Waals surface area contributed by atoms with Gasteiger partial charge in [0, 0.05) is 50.4 Å². The highest BCUT2D eigenvalue weighted by Crippen LogP contribution is 2.46. The number of para-hydroxylation sites is 4. The summed E-state index contributed by atoms with van der Waals surface area (Å²) in [6, 6.07) is 30.1. The monoisotopic (exact) mass is 566 g/mol. The van der Waals surface area contributed by atoms with E-state index in [1.54, 1.807) is 43.0 Å². The first-order valence-corrected chi connectivity index (χ1v) is 13.5. The first kappa shape index (κ1) is 28.5. The van der Waals surface area contributed by atoms with Crippen LogP contribution in [0.15, 0.2) is 97.1 Å². The van der Waals surface area contributed by atoms with Crippen molar-refractivity contribution in [2.45, 2.75) is 12.1 Å². The summed E-state index contributed by atoms with van der Waals surface area (Å²) in [5, 5.41) is 1.63. The molecule has 0 spiro atoms. The summed E-state index contributed by atoms with van der Waals surface area (Å²) in [5.41, 5.74) is 8.80. The van der Waals surface area contributed by atoms with Crippen LogP contribution in [0.3, 0.4) is 0 Å². The Bertz CT molecular complexity index is 1500. The third kappa shape index (κ3) is 5.58. The van der Waals surface area contributed by atoms with E-state index in [2.05, 4.69) is 10.9 Å². The minimum atomic E-state index is -0.346. The van der Waals surface area contributed by atoms with E-state index in [1.165, 1.54) is 0 Å². The molecule has 0 atom stereocenters. The van der Waals surface area contributed by atoms with Crippen molar-refractivity contribution >= 4 is 12.1 Å². The van der Waals surface area contributed by atoms with E-state index in [1.807, 2.05) is 97.1 Å². The van der Waals surface area contributed by atoms with Gasteiger partial charge in [0.2, 0.25) is 0 Å². The van der Waals surface area contributed by atoms with Crippen molar-refractivity contribution < 1.29 is 19.1 Å². The summed E-state index contributed by atoms with van der Waals surface area (Å²) in [7, 11) is 7.09. The molecule has 216 valence electrons. The van der Waals surface area contributed by atoms with Crippen molar-refractivity contribution in [3.8, 4) is 23.0 Å². The van der Waals surface area contributed by atoms with Gasteiger partial charge in [0.1, 0.15) is 23.0 Å². The molecule has 0 fully saturated rings. The lowest BCUT2D eigenvalue weighted by atomic mass is 9.93. The molecule has 0 aromatic heterocycles. The third-order valence-corrected chi connectivity index (χ3v) is 7.15. The topological polar surface area (TPSA) is 112 Å². The van der Waals surface area contributed by atoms with Crippen LogP contribution >= 0.6 is 0 Å². The van der Waals surface area contributed by atoms with Gasteiger partial charge >= 0.3 is 12.1 Å². The predicted molar refractivity (Wildman–Crippen MR) is 160 cm³/mol. The van der Waals surface area contributed by atoms with Crippen molar-refractivity contribution in [1.82, 2.24) is 25.7 Å². The van der Waals surface area contributed by atoms with E-state index in [4.69, 9.17) is 15.3 Å². The molecule has 2 heterocycles. The largest absolute Gasteiger partial charge is 0.457 e. The number of benzene rings is 4. The maximum Gasteiger partial charge on any atom is 0.332 e. The van der Waals surface area contributed by atoms with Crippen LogP contribution in [0.5, 0.6) is 23.0 Å². The first-order valence-electron chi connectivity index (χ1n) is 13.5. The molecule has 4 amide bonds. The second kappa shape index (κ2) is 12.2. The highest BCUT2D eigenvalue weighted by molar-refractivity contribution is 5.76. The minimum absolute atomic E-state index is 0.165. The minimum Gasteiger partial charge on any atom is -0.457 e. The Balaban J connectivity index is 0.000000169. The number of carbonyl (C=O) groups excluding carboxylic acids is 2. The average molecular weight is 567 g/mol. The summed E-state index contributed by atoms with van der Waals surface area (Å²) in [5.74, 6) is 8.34. The summed E-state index contributed by atoms with van der Waals surface area (Å²) in [6.07, 6.45) is 0. The molecule has 6 rings (SSSR count). The zero-order valence-corrected chi connectivity index (χ0v) is 23.9. The number of fused-ring (bicyclic) bond motifs is 4. The highest BCUT2D eigenvalue weighted by Gasteiger charge is 2.33. The molecular weight excluding hydrogens is 532 g/mol. The summed E-state index contributed by atoms with van der Waals surface area (Å²) in [4.78, 5) is 27.5. The number of urea groups is 2. The molecule has 0 bridgehead atoms. The normalized spacial score (nSPS) is 13.0. The summed E-state index contributed by atoms with van der Waals surface area (Å²) >= 11 is 0. The van der Waals surface area contributed by atoms with Gasteiger partial charge in [-0.2, -0.15) is 0 Å². The summed E-state index contributed by atoms with van der Waals surface area (Å²) < 4.78 is 11.8. The molecule has 0 unspecified atom stereocenters. The smallest absolute Gasteiger partial charge is 0.332 e. The van der Waals surface area contributed by atoms with Gasteiger partial charge in [-0.15, -0.1) is 0 Å². The van der Waals surface area contributed by atoms with Crippen molar-refractivity contribution in [1.29, 1.82) is 0 Å². The summed E-state index contributed by atoms with van der Waals surface area (Å²) in [6.45, 7) is 0. The number of amides is 4. The molecule has 0 radical (unpaired) electrons. The maximum absolute atomic E-state index is 12.4. The number of hydrogen-bond donors (Lipinski definition) is 3. The molecule has 0 saturated carbocycles. The van der Waals surface area contributed by atoms with Crippen molar-refractivity contribution in [3.63, 3.8) is 0 Å². The molecule has 2 aliphatic heterocycles. The fourth-order valence-corrected chi connectivity index (χ4v) is 5.21. The molecule has 4 N–H and O–H groups in total. The Labute approximate surface area is 245 Å². The lowest BCUT2D eigenvalue weighted by molar-refractivity contribution is 0.168. The zero-order valence-electron chi connectivity index (χ0n) is 23.9. The van der Waals surface area contributed by atoms with Crippen LogP contribution in [0.4, 0.5) is 9.59 Å². The standard InChI is InChI=1S/C17H19N3O2.C15H15N3O2/c1-19(2)18-17(21)20(3)16-12-8-4-6-10-14(12)22-15-11-7-5-9-13(15)16;1-18(15(19)17-16)14-10-6-2-4-8-12(10)20-13-9-5-3-7-11(13)14/h4-11,16H,1-3H3,(H,18,21);2-9,14H,16H2,1H3,(H,17,19). The van der Waals surface area contributed by atoms with Gasteiger partial charge in [0.25, 0.3) is 0 Å². The predicted octanol–water partition coefficient (Wildman–Crippen LogP) is 5.40. The van der Waals surface area contributed by atoms with E-state index in [0.717, 1.165) is 45.3 Å². The number of nitrogens with two attached hydrogens (primary N) is 1. The van der Waals surface area contributed by atoms with Crippen LogP contribution < -0.4 is 26.2 Å². The van der Waals surface area contributed by atoms with Crippen LogP contribution in [-0.2, 0) is 0 Å². The van der Waals surface area contributed by atoms with E-state index in [9.17, 15) is 9.59 Å². The van der Waals surface area contributed by atoms with E-state index in [0.29, 0.717) is 0 Å². The molecule has 10 nitrogen and oxygen atoms in total. The third-order valence-electron chi connectivity index (χ3n) is 7.15. The fraction of sp³-hybridized carbons (Fsp3) is 0.188. The van der Waals surface area contributed by atoms with Crippen LogP contribution in [0, 0.1) is 0 Å². The van der Waals surface area contributed by atoms with Gasteiger partial charge in [-0.1, -0.05) is 72.8 Å². The van der Waals surface area contributed by atoms with Crippen molar-refractivity contribution in [3.05, 3.63) is 119 Å². The van der Waals surface area contributed by atoms with Gasteiger partial charge in [-0.25, -0.2) is 20.4 Å². The molecule has 4 aromatic rings. The number of rotatable bonds is 3. The van der Waals surface area contributed by atoms with Crippen LogP contribution in [-0.4, -0.2) is 55.1 Å². The quantitative estimate of drug-likeness (QED) is 0.174. The zero-order chi connectivity index (χ0) is 29.8. The number of carbonyl (C=O) groups is 2. The van der Waals surface area contributed by atoms with Crippen molar-refractivity contribution in [2.24, 2.45) is 5.84 Å². The Morgan fingerprint density at radius 3 is 1.19 bits per heavy atom. The molecule has 42 heavy (non-hydrogen) atoms. The number of nitrogens with zero attached hydrogens (tertiary/aromatic N) is 3. The van der Waals surface area contributed by atoms with E-state index < -0.39 is 0 Å². The highest BCUT2D eigenvalue weighted by atomic mass is 16.5. The Kier molecular flexibility index (Phi) is 8.28. The van der Waals surface area contributed by atoms with Gasteiger partial charge in [-0.05, 0) is 24.3 Å². The molecule has 4 aromatic carbocycles. The van der Waals surface area contributed by atoms with Gasteiger partial charge < -0.3 is 19.3 Å². The van der Waals surface area contributed by atoms with Gasteiger partial charge in [0.05, 0.1) is 12.1 Å². The molecule has 2 aliphatic rings. The Hall–Kier alpha value is -5.06.